The van der Waals surface area contributed by atoms with Crippen LogP contribution in [0.4, 0.5) is 4.79 Å². The van der Waals surface area contributed by atoms with Gasteiger partial charge < -0.3 is 20.9 Å². The summed E-state index contributed by atoms with van der Waals surface area (Å²) in [6.45, 7) is 5.03. The lowest BCUT2D eigenvalue weighted by atomic mass is 10.2. The number of ether oxygens (including phenoxy) is 1. The number of carbonyl (C=O) groups excluding carboxylic acids is 1. The topological polar surface area (TPSA) is 102 Å². The van der Waals surface area contributed by atoms with Crippen LogP contribution >= 0.6 is 12.2 Å². The molecule has 1 atom stereocenters. The summed E-state index contributed by atoms with van der Waals surface area (Å²) >= 11 is 4.58. The van der Waals surface area contributed by atoms with Gasteiger partial charge >= 0.3 is 12.1 Å². The smallest absolute Gasteiger partial charge is 0.408 e. The molecular weight excluding hydrogens is 232 g/mol. The number of nitrogens with two attached hydrogens (primary N) is 1. The molecule has 4 N–H and O–H groups in total. The van der Waals surface area contributed by atoms with Gasteiger partial charge in [0.15, 0.2) is 0 Å². The van der Waals surface area contributed by atoms with Gasteiger partial charge in [-0.2, -0.15) is 0 Å². The average Bonchev–Trinajstić information content (AvgIpc) is 1.97. The van der Waals surface area contributed by atoms with Crippen molar-refractivity contribution in [3.63, 3.8) is 0 Å². The molecule has 0 aromatic rings. The van der Waals surface area contributed by atoms with Gasteiger partial charge in [-0.1, -0.05) is 12.2 Å². The Balaban J connectivity index is 4.35. The Morgan fingerprint density at radius 2 is 2.00 bits per heavy atom. The van der Waals surface area contributed by atoms with E-state index in [4.69, 9.17) is 15.6 Å². The number of alkyl carbamates (subject to hydrolysis) is 1. The summed E-state index contributed by atoms with van der Waals surface area (Å²) in [5.74, 6) is -1.21. The van der Waals surface area contributed by atoms with Crippen LogP contribution in [0.3, 0.4) is 0 Å². The maximum atomic E-state index is 11.3. The van der Waals surface area contributed by atoms with E-state index in [1.165, 1.54) is 0 Å². The predicted octanol–water partition coefficient (Wildman–Crippen LogP) is 0.640. The third-order valence-corrected chi connectivity index (χ3v) is 1.56. The van der Waals surface area contributed by atoms with Crippen LogP contribution in [0.5, 0.6) is 0 Å². The van der Waals surface area contributed by atoms with Crippen LogP contribution in [-0.4, -0.2) is 33.8 Å². The van der Waals surface area contributed by atoms with Crippen LogP contribution < -0.4 is 11.1 Å². The lowest BCUT2D eigenvalue weighted by Gasteiger charge is -2.21. The van der Waals surface area contributed by atoms with Gasteiger partial charge in [-0.05, 0) is 20.8 Å². The molecule has 0 aliphatic heterocycles. The number of thiocarbonyl (C=S) groups is 1. The van der Waals surface area contributed by atoms with Gasteiger partial charge in [0.05, 0.1) is 4.99 Å². The van der Waals surface area contributed by atoms with E-state index in [-0.39, 0.29) is 11.4 Å². The second kappa shape index (κ2) is 5.64. The van der Waals surface area contributed by atoms with Crippen molar-refractivity contribution >= 4 is 29.3 Å². The summed E-state index contributed by atoms with van der Waals surface area (Å²) in [6.07, 6.45) is -0.916. The Kier molecular flexibility index (Phi) is 5.16. The lowest BCUT2D eigenvalue weighted by Crippen LogP contribution is -2.45. The highest BCUT2D eigenvalue weighted by atomic mass is 32.1. The number of hydrogen-bond donors (Lipinski definition) is 3. The number of rotatable bonds is 4. The van der Waals surface area contributed by atoms with Gasteiger partial charge in [0.1, 0.15) is 11.6 Å². The molecule has 1 amide bonds. The zero-order valence-corrected chi connectivity index (χ0v) is 10.3. The minimum Gasteiger partial charge on any atom is -0.480 e. The molecule has 0 fully saturated rings. The van der Waals surface area contributed by atoms with Crippen molar-refractivity contribution in [2.75, 3.05) is 0 Å². The molecule has 0 bridgehead atoms. The molecular formula is C9H16N2O4S. The zero-order chi connectivity index (χ0) is 12.9. The second-order valence-corrected chi connectivity index (χ2v) is 4.73. The molecule has 0 spiro atoms. The summed E-state index contributed by atoms with van der Waals surface area (Å²) in [4.78, 5) is 22.0. The summed E-state index contributed by atoms with van der Waals surface area (Å²) in [7, 11) is 0. The zero-order valence-electron chi connectivity index (χ0n) is 9.44. The molecule has 0 saturated heterocycles. The van der Waals surface area contributed by atoms with Gasteiger partial charge in [0, 0.05) is 6.42 Å². The van der Waals surface area contributed by atoms with Crippen molar-refractivity contribution in [1.29, 1.82) is 0 Å². The first kappa shape index (κ1) is 14.6. The van der Waals surface area contributed by atoms with Gasteiger partial charge in [0.25, 0.3) is 0 Å². The minimum absolute atomic E-state index is 0.0171. The Bertz CT molecular complexity index is 298. The molecule has 0 saturated carbocycles. The van der Waals surface area contributed by atoms with Crippen molar-refractivity contribution < 1.29 is 19.4 Å². The minimum atomic E-state index is -1.21. The first-order valence-electron chi connectivity index (χ1n) is 4.62. The number of carboxylic acids is 1. The quantitative estimate of drug-likeness (QED) is 0.631. The number of hydrogen-bond acceptors (Lipinski definition) is 4. The van der Waals surface area contributed by atoms with E-state index in [0.29, 0.717) is 0 Å². The van der Waals surface area contributed by atoms with Crippen molar-refractivity contribution in [3.05, 3.63) is 0 Å². The highest BCUT2D eigenvalue weighted by Crippen LogP contribution is 2.07. The SMILES string of the molecule is CC(C)(C)OC(=O)NC(CC(N)=S)C(=O)O. The first-order valence-corrected chi connectivity index (χ1v) is 5.03. The Labute approximate surface area is 99.1 Å². The predicted molar refractivity (Wildman–Crippen MR) is 62.2 cm³/mol. The molecule has 16 heavy (non-hydrogen) atoms. The Morgan fingerprint density at radius 1 is 1.50 bits per heavy atom. The molecule has 6 nitrogen and oxygen atoms in total. The van der Waals surface area contributed by atoms with Gasteiger partial charge in [0.2, 0.25) is 0 Å². The standard InChI is InChI=1S/C9H16N2O4S/c1-9(2,3)15-8(14)11-5(7(12)13)4-6(10)16/h5H,4H2,1-3H3,(H2,10,16)(H,11,14)(H,12,13). The second-order valence-electron chi connectivity index (χ2n) is 4.21. The van der Waals surface area contributed by atoms with Crippen molar-refractivity contribution in [2.45, 2.75) is 38.8 Å². The van der Waals surface area contributed by atoms with Crippen molar-refractivity contribution in [1.82, 2.24) is 5.32 Å². The van der Waals surface area contributed by atoms with Crippen molar-refractivity contribution in [3.8, 4) is 0 Å². The van der Waals surface area contributed by atoms with E-state index in [9.17, 15) is 9.59 Å². The fourth-order valence-corrected chi connectivity index (χ4v) is 1.02. The lowest BCUT2D eigenvalue weighted by molar-refractivity contribution is -0.139. The Morgan fingerprint density at radius 3 is 2.31 bits per heavy atom. The van der Waals surface area contributed by atoms with E-state index >= 15 is 0 Å². The molecule has 0 heterocycles. The molecule has 0 aliphatic rings. The molecule has 1 unspecified atom stereocenters. The molecule has 0 aliphatic carbocycles. The van der Waals surface area contributed by atoms with Crippen LogP contribution in [0.25, 0.3) is 0 Å². The number of carbonyl (C=O) groups is 2. The first-order chi connectivity index (χ1) is 7.11. The van der Waals surface area contributed by atoms with Crippen molar-refractivity contribution in [2.24, 2.45) is 5.73 Å². The van der Waals surface area contributed by atoms with Crippen LogP contribution in [0, 0.1) is 0 Å². The average molecular weight is 248 g/mol. The maximum absolute atomic E-state index is 11.3. The fraction of sp³-hybridized carbons (Fsp3) is 0.667. The van der Waals surface area contributed by atoms with Gasteiger partial charge in [-0.25, -0.2) is 9.59 Å². The van der Waals surface area contributed by atoms with E-state index < -0.39 is 23.7 Å². The number of amides is 1. The number of carboxylic acid groups (broad SMARTS) is 1. The monoisotopic (exact) mass is 248 g/mol. The molecule has 0 rings (SSSR count). The summed E-state index contributed by atoms with van der Waals surface area (Å²) in [6, 6.07) is -1.16. The largest absolute Gasteiger partial charge is 0.480 e. The molecule has 0 radical (unpaired) electrons. The van der Waals surface area contributed by atoms with Gasteiger partial charge in [-0.3, -0.25) is 0 Å². The highest BCUT2D eigenvalue weighted by Gasteiger charge is 2.24. The molecule has 0 aromatic carbocycles. The fourth-order valence-electron chi connectivity index (χ4n) is 0.851. The van der Waals surface area contributed by atoms with E-state index in [1.807, 2.05) is 0 Å². The van der Waals surface area contributed by atoms with E-state index in [2.05, 4.69) is 17.5 Å². The number of nitrogens with one attached hydrogen (secondary N) is 1. The molecule has 0 aromatic heterocycles. The summed E-state index contributed by atoms with van der Waals surface area (Å²) < 4.78 is 4.90. The van der Waals surface area contributed by atoms with Crippen LogP contribution in [0.1, 0.15) is 27.2 Å². The van der Waals surface area contributed by atoms with Crippen LogP contribution in [0.2, 0.25) is 0 Å². The summed E-state index contributed by atoms with van der Waals surface area (Å²) in [5, 5.41) is 11.0. The molecule has 7 heteroatoms. The van der Waals surface area contributed by atoms with Crippen LogP contribution in [0.15, 0.2) is 0 Å². The normalized spacial score (nSPS) is 12.7. The number of aliphatic carboxylic acids is 1. The third kappa shape index (κ3) is 6.99. The Hall–Kier alpha value is -1.37. The van der Waals surface area contributed by atoms with E-state index in [0.717, 1.165) is 0 Å². The third-order valence-electron chi connectivity index (χ3n) is 1.39. The van der Waals surface area contributed by atoms with E-state index in [1.54, 1.807) is 20.8 Å². The van der Waals surface area contributed by atoms with Gasteiger partial charge in [-0.15, -0.1) is 0 Å². The van der Waals surface area contributed by atoms with Crippen LogP contribution in [-0.2, 0) is 9.53 Å². The molecule has 92 valence electrons. The summed E-state index contributed by atoms with van der Waals surface area (Å²) in [5.41, 5.74) is 4.53. The highest BCUT2D eigenvalue weighted by molar-refractivity contribution is 7.80. The maximum Gasteiger partial charge on any atom is 0.408 e.